The number of carbonyl (C=O) groups is 2. The molecule has 0 saturated heterocycles. The Morgan fingerprint density at radius 1 is 0.920 bits per heavy atom. The van der Waals surface area contributed by atoms with E-state index in [-0.39, 0.29) is 13.1 Å². The zero-order chi connectivity index (χ0) is 18.4. The van der Waals surface area contributed by atoms with E-state index in [9.17, 15) is 14.0 Å². The lowest BCUT2D eigenvalue weighted by Crippen LogP contribution is -2.47. The van der Waals surface area contributed by atoms with Crippen molar-refractivity contribution < 1.29 is 14.0 Å². The van der Waals surface area contributed by atoms with Gasteiger partial charge in [-0.3, -0.25) is 9.59 Å². The molecule has 4 nitrogen and oxygen atoms in total. The molecule has 0 unspecified atom stereocenters. The van der Waals surface area contributed by atoms with E-state index in [1.54, 1.807) is 36.4 Å². The number of carbonyl (C=O) groups excluding carboxylic acids is 2. The van der Waals surface area contributed by atoms with Crippen LogP contribution in [0.4, 0.5) is 4.39 Å². The molecule has 0 fully saturated rings. The first-order valence-corrected chi connectivity index (χ1v) is 8.23. The molecule has 2 aromatic carbocycles. The predicted octanol–water partition coefficient (Wildman–Crippen LogP) is 3.44. The fourth-order valence-electron chi connectivity index (χ4n) is 2.18. The van der Waals surface area contributed by atoms with E-state index < -0.39 is 23.0 Å². The van der Waals surface area contributed by atoms with E-state index >= 15 is 0 Å². The van der Waals surface area contributed by atoms with Gasteiger partial charge in [-0.15, -0.1) is 0 Å². The van der Waals surface area contributed by atoms with Crippen molar-refractivity contribution in [2.75, 3.05) is 0 Å². The zero-order valence-electron chi connectivity index (χ0n) is 14.1. The number of rotatable bonds is 6. The molecule has 0 radical (unpaired) electrons. The Morgan fingerprint density at radius 3 is 1.96 bits per heavy atom. The molecule has 132 valence electrons. The molecule has 6 heteroatoms. The molecule has 0 spiro atoms. The van der Waals surface area contributed by atoms with Crippen molar-refractivity contribution in [2.24, 2.45) is 5.41 Å². The van der Waals surface area contributed by atoms with Crippen LogP contribution in [0.1, 0.15) is 25.0 Å². The average Bonchev–Trinajstić information content (AvgIpc) is 2.59. The first-order chi connectivity index (χ1) is 11.8. The third kappa shape index (κ3) is 4.79. The van der Waals surface area contributed by atoms with Gasteiger partial charge in [0.1, 0.15) is 11.2 Å². The van der Waals surface area contributed by atoms with E-state index in [4.69, 9.17) is 11.6 Å². The summed E-state index contributed by atoms with van der Waals surface area (Å²) in [6.07, 6.45) is 0. The third-order valence-electron chi connectivity index (χ3n) is 3.93. The van der Waals surface area contributed by atoms with Crippen LogP contribution in [0.5, 0.6) is 0 Å². The standard InChI is InChI=1S/C19H20ClFN2O2/c1-19(2,17(24)22-11-13-7-3-5-9-15(13)20)18(25)23-12-14-8-4-6-10-16(14)21/h3-10H,11-12H2,1-2H3,(H,22,24)(H,23,25). The highest BCUT2D eigenvalue weighted by Crippen LogP contribution is 2.18. The van der Waals surface area contributed by atoms with Crippen LogP contribution in [0, 0.1) is 11.2 Å². The molecule has 2 N–H and O–H groups in total. The lowest BCUT2D eigenvalue weighted by molar-refractivity contribution is -0.141. The van der Waals surface area contributed by atoms with E-state index in [2.05, 4.69) is 10.6 Å². The summed E-state index contributed by atoms with van der Waals surface area (Å²) < 4.78 is 13.6. The van der Waals surface area contributed by atoms with Gasteiger partial charge in [0.25, 0.3) is 0 Å². The van der Waals surface area contributed by atoms with Gasteiger partial charge in [0.15, 0.2) is 0 Å². The highest BCUT2D eigenvalue weighted by atomic mass is 35.5. The molecule has 2 rings (SSSR count). The van der Waals surface area contributed by atoms with Gasteiger partial charge < -0.3 is 10.6 Å². The number of halogens is 2. The van der Waals surface area contributed by atoms with Crippen LogP contribution in [0.15, 0.2) is 48.5 Å². The number of hydrogen-bond donors (Lipinski definition) is 2. The molecule has 0 bridgehead atoms. The molecule has 2 aromatic rings. The highest BCUT2D eigenvalue weighted by Gasteiger charge is 2.35. The summed E-state index contributed by atoms with van der Waals surface area (Å²) in [6.45, 7) is 3.28. The second-order valence-corrected chi connectivity index (χ2v) is 6.58. The maximum Gasteiger partial charge on any atom is 0.235 e. The molecule has 0 aliphatic heterocycles. The van der Waals surface area contributed by atoms with Crippen molar-refractivity contribution in [1.82, 2.24) is 10.6 Å². The van der Waals surface area contributed by atoms with E-state index in [1.807, 2.05) is 6.07 Å². The summed E-state index contributed by atoms with van der Waals surface area (Å²) in [5.74, 6) is -1.31. The van der Waals surface area contributed by atoms with Gasteiger partial charge in [0.05, 0.1) is 0 Å². The van der Waals surface area contributed by atoms with Crippen molar-refractivity contribution in [1.29, 1.82) is 0 Å². The summed E-state index contributed by atoms with van der Waals surface area (Å²) in [5, 5.41) is 5.86. The smallest absolute Gasteiger partial charge is 0.235 e. The molecular formula is C19H20ClFN2O2. The molecule has 2 amide bonds. The molecule has 0 heterocycles. The third-order valence-corrected chi connectivity index (χ3v) is 4.30. The van der Waals surface area contributed by atoms with Crippen molar-refractivity contribution in [3.8, 4) is 0 Å². The minimum atomic E-state index is -1.30. The fraction of sp³-hybridized carbons (Fsp3) is 0.263. The van der Waals surface area contributed by atoms with Gasteiger partial charge >= 0.3 is 0 Å². The predicted molar refractivity (Wildman–Crippen MR) is 95.3 cm³/mol. The highest BCUT2D eigenvalue weighted by molar-refractivity contribution is 6.31. The Kier molecular flexibility index (Phi) is 6.15. The Hall–Kier alpha value is -2.40. The van der Waals surface area contributed by atoms with Crippen molar-refractivity contribution in [3.63, 3.8) is 0 Å². The Morgan fingerprint density at radius 2 is 1.40 bits per heavy atom. The summed E-state index contributed by atoms with van der Waals surface area (Å²) >= 11 is 6.05. The monoisotopic (exact) mass is 362 g/mol. The van der Waals surface area contributed by atoms with Gasteiger partial charge in [0.2, 0.25) is 11.8 Å². The second-order valence-electron chi connectivity index (χ2n) is 6.17. The average molecular weight is 363 g/mol. The summed E-state index contributed by atoms with van der Waals surface area (Å²) in [5.41, 5.74) is -0.171. The minimum Gasteiger partial charge on any atom is -0.351 e. The topological polar surface area (TPSA) is 58.2 Å². The van der Waals surface area contributed by atoms with Crippen molar-refractivity contribution >= 4 is 23.4 Å². The Balaban J connectivity index is 1.94. The number of amides is 2. The minimum absolute atomic E-state index is 0.0206. The molecule has 0 atom stereocenters. The van der Waals surface area contributed by atoms with Crippen LogP contribution in [0.2, 0.25) is 5.02 Å². The van der Waals surface area contributed by atoms with Crippen LogP contribution in [-0.2, 0) is 22.7 Å². The summed E-state index contributed by atoms with van der Waals surface area (Å²) in [6, 6.07) is 13.3. The van der Waals surface area contributed by atoms with Gasteiger partial charge in [-0.25, -0.2) is 4.39 Å². The van der Waals surface area contributed by atoms with Crippen molar-refractivity contribution in [2.45, 2.75) is 26.9 Å². The van der Waals surface area contributed by atoms with Gasteiger partial charge in [-0.1, -0.05) is 48.0 Å². The first kappa shape index (κ1) is 18.9. The normalized spacial score (nSPS) is 11.0. The first-order valence-electron chi connectivity index (χ1n) is 7.86. The van der Waals surface area contributed by atoms with Crippen LogP contribution >= 0.6 is 11.6 Å². The quantitative estimate of drug-likeness (QED) is 0.773. The molecule has 25 heavy (non-hydrogen) atoms. The van der Waals surface area contributed by atoms with Gasteiger partial charge in [0, 0.05) is 23.7 Å². The molecule has 0 saturated carbocycles. The van der Waals surface area contributed by atoms with Gasteiger partial charge in [-0.2, -0.15) is 0 Å². The molecule has 0 aliphatic carbocycles. The maximum absolute atomic E-state index is 13.6. The largest absolute Gasteiger partial charge is 0.351 e. The summed E-state index contributed by atoms with van der Waals surface area (Å²) in [4.78, 5) is 24.7. The number of hydrogen-bond acceptors (Lipinski definition) is 2. The van der Waals surface area contributed by atoms with Crippen molar-refractivity contribution in [3.05, 3.63) is 70.5 Å². The van der Waals surface area contributed by atoms with Crippen LogP contribution in [0.25, 0.3) is 0 Å². The number of benzene rings is 2. The fourth-order valence-corrected chi connectivity index (χ4v) is 2.38. The molecular weight excluding hydrogens is 343 g/mol. The lowest BCUT2D eigenvalue weighted by Gasteiger charge is -2.23. The van der Waals surface area contributed by atoms with E-state index in [1.165, 1.54) is 19.9 Å². The Labute approximate surface area is 151 Å². The summed E-state index contributed by atoms with van der Waals surface area (Å²) in [7, 11) is 0. The second kappa shape index (κ2) is 8.12. The SMILES string of the molecule is CC(C)(C(=O)NCc1ccccc1F)C(=O)NCc1ccccc1Cl. The lowest BCUT2D eigenvalue weighted by atomic mass is 9.91. The number of nitrogens with one attached hydrogen (secondary N) is 2. The Bertz CT molecular complexity index is 714. The maximum atomic E-state index is 13.6. The molecule has 0 aromatic heterocycles. The van der Waals surface area contributed by atoms with E-state index in [0.29, 0.717) is 10.6 Å². The zero-order valence-corrected chi connectivity index (χ0v) is 14.9. The van der Waals surface area contributed by atoms with Crippen LogP contribution < -0.4 is 10.6 Å². The van der Waals surface area contributed by atoms with Gasteiger partial charge in [-0.05, 0) is 31.5 Å². The molecule has 0 aliphatic rings. The van der Waals surface area contributed by atoms with Crippen LogP contribution in [0.3, 0.4) is 0 Å². The van der Waals surface area contributed by atoms with Crippen LogP contribution in [-0.4, -0.2) is 11.8 Å². The van der Waals surface area contributed by atoms with E-state index in [0.717, 1.165) is 5.56 Å².